The predicted octanol–water partition coefficient (Wildman–Crippen LogP) is 4.78. The number of anilines is 1. The van der Waals surface area contributed by atoms with Crippen LogP contribution in [0.2, 0.25) is 0 Å². The van der Waals surface area contributed by atoms with Crippen molar-refractivity contribution in [1.82, 2.24) is 0 Å². The Morgan fingerprint density at radius 3 is 2.11 bits per heavy atom. The summed E-state index contributed by atoms with van der Waals surface area (Å²) in [6.45, 7) is 5.02. The second-order valence-corrected chi connectivity index (χ2v) is 7.49. The van der Waals surface area contributed by atoms with E-state index in [-0.39, 0.29) is 30.2 Å². The third-order valence-electron chi connectivity index (χ3n) is 5.13. The number of ketones is 2. The second-order valence-electron chi connectivity index (χ2n) is 7.49. The lowest BCUT2D eigenvalue weighted by atomic mass is 9.77. The van der Waals surface area contributed by atoms with Crippen LogP contribution in [-0.2, 0) is 9.59 Å². The molecule has 0 amide bonds. The van der Waals surface area contributed by atoms with E-state index in [0.29, 0.717) is 5.57 Å². The molecule has 1 aliphatic rings. The van der Waals surface area contributed by atoms with Crippen LogP contribution in [0.15, 0.2) is 72.0 Å². The first-order valence-electron chi connectivity index (χ1n) is 9.15. The Morgan fingerprint density at radius 1 is 1.04 bits per heavy atom. The van der Waals surface area contributed by atoms with E-state index < -0.39 is 11.6 Å². The van der Waals surface area contributed by atoms with Gasteiger partial charge in [0, 0.05) is 18.5 Å². The minimum absolute atomic E-state index is 0.0457. The minimum Gasteiger partial charge on any atom is -0.512 e. The SMILES string of the molecule is CC(=O)CC1(C)CC(O)=C(C(C)=O)C(c2ccccc2)N1c1ccccc1. The predicted molar refractivity (Wildman–Crippen MR) is 107 cm³/mol. The maximum absolute atomic E-state index is 12.5. The number of rotatable bonds is 5. The van der Waals surface area contributed by atoms with Gasteiger partial charge < -0.3 is 10.0 Å². The molecule has 1 aliphatic heterocycles. The van der Waals surface area contributed by atoms with E-state index in [1.54, 1.807) is 6.92 Å². The van der Waals surface area contributed by atoms with Crippen molar-refractivity contribution in [2.24, 2.45) is 0 Å². The lowest BCUT2D eigenvalue weighted by Gasteiger charge is -2.51. The molecule has 27 heavy (non-hydrogen) atoms. The number of aliphatic hydroxyl groups excluding tert-OH is 1. The molecular weight excluding hydrogens is 338 g/mol. The molecule has 0 aromatic heterocycles. The topological polar surface area (TPSA) is 57.6 Å². The zero-order valence-corrected chi connectivity index (χ0v) is 16.0. The number of hydrogen-bond donors (Lipinski definition) is 1. The summed E-state index contributed by atoms with van der Waals surface area (Å²) in [4.78, 5) is 26.7. The average molecular weight is 363 g/mol. The van der Waals surface area contributed by atoms with Crippen molar-refractivity contribution < 1.29 is 14.7 Å². The molecule has 0 spiro atoms. The fraction of sp³-hybridized carbons (Fsp3) is 0.304. The Labute approximate surface area is 160 Å². The highest BCUT2D eigenvalue weighted by Crippen LogP contribution is 2.47. The molecule has 2 atom stereocenters. The molecule has 1 heterocycles. The summed E-state index contributed by atoms with van der Waals surface area (Å²) < 4.78 is 0. The number of carbonyl (C=O) groups is 2. The van der Waals surface area contributed by atoms with Gasteiger partial charge in [-0.25, -0.2) is 0 Å². The van der Waals surface area contributed by atoms with Crippen LogP contribution in [0.3, 0.4) is 0 Å². The smallest absolute Gasteiger partial charge is 0.161 e. The van der Waals surface area contributed by atoms with Crippen LogP contribution in [0.4, 0.5) is 5.69 Å². The summed E-state index contributed by atoms with van der Waals surface area (Å²) in [5, 5.41) is 10.8. The molecule has 2 aromatic rings. The number of Topliss-reactive ketones (excluding diaryl/α,β-unsaturated/α-hetero) is 2. The fourth-order valence-corrected chi connectivity index (χ4v) is 4.22. The van der Waals surface area contributed by atoms with Crippen molar-refractivity contribution in [2.45, 2.75) is 45.2 Å². The first kappa shape index (κ1) is 18.9. The van der Waals surface area contributed by atoms with Gasteiger partial charge in [-0.1, -0.05) is 48.5 Å². The molecule has 140 valence electrons. The van der Waals surface area contributed by atoms with Gasteiger partial charge in [0.25, 0.3) is 0 Å². The quantitative estimate of drug-likeness (QED) is 0.831. The molecular formula is C23H25NO3. The van der Waals surface area contributed by atoms with Gasteiger partial charge in [0.2, 0.25) is 0 Å². The number of para-hydroxylation sites is 1. The number of hydrogen-bond acceptors (Lipinski definition) is 4. The standard InChI is InChI=1S/C23H25NO3/c1-16(25)14-23(3)15-20(27)21(17(2)26)22(18-10-6-4-7-11-18)24(23)19-12-8-5-9-13-19/h4-13,22,27H,14-15H2,1-3H3. The largest absolute Gasteiger partial charge is 0.512 e. The first-order valence-corrected chi connectivity index (χ1v) is 9.15. The van der Waals surface area contributed by atoms with Crippen LogP contribution in [0, 0.1) is 0 Å². The molecule has 4 heteroatoms. The van der Waals surface area contributed by atoms with Crippen LogP contribution in [-0.4, -0.2) is 22.2 Å². The highest BCUT2D eigenvalue weighted by molar-refractivity contribution is 5.96. The van der Waals surface area contributed by atoms with Crippen molar-refractivity contribution in [3.05, 3.63) is 77.6 Å². The van der Waals surface area contributed by atoms with E-state index in [1.807, 2.05) is 67.6 Å². The highest BCUT2D eigenvalue weighted by Gasteiger charge is 2.46. The van der Waals surface area contributed by atoms with Crippen LogP contribution >= 0.6 is 0 Å². The van der Waals surface area contributed by atoms with Gasteiger partial charge in [-0.2, -0.15) is 0 Å². The molecule has 4 nitrogen and oxygen atoms in total. The summed E-state index contributed by atoms with van der Waals surface area (Å²) >= 11 is 0. The Bertz CT molecular complexity index is 873. The van der Waals surface area contributed by atoms with Gasteiger partial charge in [-0.15, -0.1) is 0 Å². The summed E-state index contributed by atoms with van der Waals surface area (Å²) in [7, 11) is 0. The third kappa shape index (κ3) is 3.65. The molecule has 1 N–H and O–H groups in total. The van der Waals surface area contributed by atoms with Crippen LogP contribution < -0.4 is 4.90 Å². The number of benzene rings is 2. The highest BCUT2D eigenvalue weighted by atomic mass is 16.3. The summed E-state index contributed by atoms with van der Waals surface area (Å²) in [6, 6.07) is 19.0. The van der Waals surface area contributed by atoms with Crippen molar-refractivity contribution in [3.8, 4) is 0 Å². The van der Waals surface area contributed by atoms with Crippen molar-refractivity contribution >= 4 is 17.3 Å². The molecule has 0 aliphatic carbocycles. The molecule has 2 unspecified atom stereocenters. The summed E-state index contributed by atoms with van der Waals surface area (Å²) in [5.41, 5.74) is 1.58. The number of aliphatic hydroxyl groups is 1. The Hall–Kier alpha value is -2.88. The van der Waals surface area contributed by atoms with Crippen LogP contribution in [0.5, 0.6) is 0 Å². The molecule has 0 saturated heterocycles. The number of nitrogens with zero attached hydrogens (tertiary/aromatic N) is 1. The van der Waals surface area contributed by atoms with E-state index in [4.69, 9.17) is 0 Å². The molecule has 3 rings (SSSR count). The Kier molecular flexibility index (Phi) is 5.17. The molecule has 0 fully saturated rings. The van der Waals surface area contributed by atoms with E-state index >= 15 is 0 Å². The van der Waals surface area contributed by atoms with Gasteiger partial charge in [0.15, 0.2) is 5.78 Å². The lowest BCUT2D eigenvalue weighted by Crippen LogP contribution is -2.54. The zero-order valence-electron chi connectivity index (χ0n) is 16.0. The van der Waals surface area contributed by atoms with E-state index in [2.05, 4.69) is 4.90 Å². The maximum Gasteiger partial charge on any atom is 0.161 e. The first-order chi connectivity index (χ1) is 12.8. The molecule has 0 bridgehead atoms. The van der Waals surface area contributed by atoms with Gasteiger partial charge in [-0.05, 0) is 38.5 Å². The molecule has 0 radical (unpaired) electrons. The normalized spacial score (nSPS) is 22.6. The second kappa shape index (κ2) is 7.39. The van der Waals surface area contributed by atoms with Gasteiger partial charge in [-0.3, -0.25) is 9.59 Å². The number of carbonyl (C=O) groups excluding carboxylic acids is 2. The van der Waals surface area contributed by atoms with Gasteiger partial charge in [0.05, 0.1) is 17.2 Å². The van der Waals surface area contributed by atoms with Crippen molar-refractivity contribution in [1.29, 1.82) is 0 Å². The van der Waals surface area contributed by atoms with Gasteiger partial charge in [0.1, 0.15) is 11.5 Å². The molecule has 2 aromatic carbocycles. The summed E-state index contributed by atoms with van der Waals surface area (Å²) in [5.74, 6) is -0.0382. The monoisotopic (exact) mass is 363 g/mol. The van der Waals surface area contributed by atoms with E-state index in [9.17, 15) is 14.7 Å². The van der Waals surface area contributed by atoms with Crippen LogP contribution in [0.1, 0.15) is 45.2 Å². The van der Waals surface area contributed by atoms with Crippen molar-refractivity contribution in [2.75, 3.05) is 4.90 Å². The maximum atomic E-state index is 12.5. The Morgan fingerprint density at radius 2 is 1.59 bits per heavy atom. The van der Waals surface area contributed by atoms with E-state index in [1.165, 1.54) is 6.92 Å². The van der Waals surface area contributed by atoms with E-state index in [0.717, 1.165) is 11.3 Å². The third-order valence-corrected chi connectivity index (χ3v) is 5.13. The van der Waals surface area contributed by atoms with Crippen molar-refractivity contribution in [3.63, 3.8) is 0 Å². The zero-order chi connectivity index (χ0) is 19.6. The minimum atomic E-state index is -0.642. The summed E-state index contributed by atoms with van der Waals surface area (Å²) in [6.07, 6.45) is 0.528. The van der Waals surface area contributed by atoms with Gasteiger partial charge >= 0.3 is 0 Å². The van der Waals surface area contributed by atoms with Crippen LogP contribution in [0.25, 0.3) is 0 Å². The Balaban J connectivity index is 2.28. The fourth-order valence-electron chi connectivity index (χ4n) is 4.22. The molecule has 0 saturated carbocycles. The average Bonchev–Trinajstić information content (AvgIpc) is 2.61. The lowest BCUT2D eigenvalue weighted by molar-refractivity contribution is -0.118.